The second-order valence-electron chi connectivity index (χ2n) is 5.80. The Morgan fingerprint density at radius 2 is 1.91 bits per heavy atom. The molecule has 128 valence electrons. The van der Waals surface area contributed by atoms with Gasteiger partial charge in [0, 0.05) is 25.6 Å². The molecule has 1 amide bonds. The van der Waals surface area contributed by atoms with Crippen LogP contribution in [0.15, 0.2) is 0 Å². The second kappa shape index (κ2) is 8.47. The highest BCUT2D eigenvalue weighted by molar-refractivity contribution is 7.88. The molecule has 0 saturated heterocycles. The van der Waals surface area contributed by atoms with E-state index in [9.17, 15) is 18.0 Å². The monoisotopic (exact) mass is 334 g/mol. The minimum atomic E-state index is -3.20. The maximum absolute atomic E-state index is 12.0. The van der Waals surface area contributed by atoms with Crippen molar-refractivity contribution in [2.75, 3.05) is 25.9 Å². The van der Waals surface area contributed by atoms with Gasteiger partial charge in [0.25, 0.3) is 0 Å². The molecule has 0 aromatic rings. The molecule has 0 radical (unpaired) electrons. The number of nitrogens with one attached hydrogen (secondary N) is 1. The van der Waals surface area contributed by atoms with Crippen LogP contribution in [0, 0.1) is 11.8 Å². The smallest absolute Gasteiger partial charge is 0.306 e. The van der Waals surface area contributed by atoms with Gasteiger partial charge in [-0.1, -0.05) is 13.3 Å². The van der Waals surface area contributed by atoms with Crippen molar-refractivity contribution in [3.05, 3.63) is 0 Å². The van der Waals surface area contributed by atoms with Crippen LogP contribution >= 0.6 is 0 Å². The summed E-state index contributed by atoms with van der Waals surface area (Å²) in [5.74, 6) is -1.62. The number of carboxylic acids is 1. The Morgan fingerprint density at radius 1 is 1.27 bits per heavy atom. The Kier molecular flexibility index (Phi) is 7.28. The quantitative estimate of drug-likeness (QED) is 0.635. The predicted octanol–water partition coefficient (Wildman–Crippen LogP) is 0.665. The highest BCUT2D eigenvalue weighted by atomic mass is 32.2. The van der Waals surface area contributed by atoms with Crippen LogP contribution in [0.25, 0.3) is 0 Å². The minimum absolute atomic E-state index is 0.117. The largest absolute Gasteiger partial charge is 0.481 e. The summed E-state index contributed by atoms with van der Waals surface area (Å²) >= 11 is 0. The third-order valence-electron chi connectivity index (χ3n) is 4.10. The van der Waals surface area contributed by atoms with Crippen molar-refractivity contribution in [1.29, 1.82) is 0 Å². The molecule has 0 spiro atoms. The van der Waals surface area contributed by atoms with Crippen LogP contribution in [0.1, 0.15) is 39.0 Å². The Morgan fingerprint density at radius 3 is 2.45 bits per heavy atom. The van der Waals surface area contributed by atoms with Crippen LogP contribution in [0.5, 0.6) is 0 Å². The van der Waals surface area contributed by atoms with Crippen molar-refractivity contribution in [1.82, 2.24) is 9.62 Å². The normalized spacial score (nSPS) is 22.5. The van der Waals surface area contributed by atoms with Gasteiger partial charge in [0.15, 0.2) is 0 Å². The van der Waals surface area contributed by atoms with Gasteiger partial charge in [-0.2, -0.15) is 0 Å². The number of hydrogen-bond acceptors (Lipinski definition) is 4. The van der Waals surface area contributed by atoms with Crippen molar-refractivity contribution in [3.63, 3.8) is 0 Å². The summed E-state index contributed by atoms with van der Waals surface area (Å²) in [7, 11) is -3.20. The van der Waals surface area contributed by atoms with Gasteiger partial charge in [-0.15, -0.1) is 0 Å². The van der Waals surface area contributed by atoms with E-state index in [1.807, 2.05) is 0 Å². The fourth-order valence-corrected chi connectivity index (χ4v) is 3.75. The van der Waals surface area contributed by atoms with Gasteiger partial charge < -0.3 is 10.4 Å². The summed E-state index contributed by atoms with van der Waals surface area (Å²) in [6.07, 6.45) is 4.22. The number of rotatable bonds is 8. The summed E-state index contributed by atoms with van der Waals surface area (Å²) < 4.78 is 24.2. The van der Waals surface area contributed by atoms with Crippen LogP contribution in [-0.2, 0) is 19.6 Å². The molecule has 1 fully saturated rings. The Labute approximate surface area is 132 Å². The molecule has 1 aliphatic carbocycles. The Bertz CT molecular complexity index is 491. The van der Waals surface area contributed by atoms with E-state index in [1.54, 1.807) is 6.92 Å². The summed E-state index contributed by atoms with van der Waals surface area (Å²) in [6.45, 7) is 2.96. The lowest BCUT2D eigenvalue weighted by molar-refractivity contribution is -0.144. The molecule has 2 unspecified atom stereocenters. The van der Waals surface area contributed by atoms with Crippen LogP contribution in [-0.4, -0.2) is 55.6 Å². The van der Waals surface area contributed by atoms with Gasteiger partial charge in [0.05, 0.1) is 12.2 Å². The first-order chi connectivity index (χ1) is 10.3. The van der Waals surface area contributed by atoms with Gasteiger partial charge in [-0.05, 0) is 25.7 Å². The molecule has 2 N–H and O–H groups in total. The molecule has 1 rings (SSSR count). The number of aliphatic carboxylic acids is 1. The van der Waals surface area contributed by atoms with Gasteiger partial charge >= 0.3 is 5.97 Å². The van der Waals surface area contributed by atoms with E-state index >= 15 is 0 Å². The number of nitrogens with zero attached hydrogens (tertiary/aromatic N) is 1. The van der Waals surface area contributed by atoms with Gasteiger partial charge in [0.2, 0.25) is 15.9 Å². The molecule has 1 saturated carbocycles. The van der Waals surface area contributed by atoms with Crippen molar-refractivity contribution in [2.45, 2.75) is 39.0 Å². The summed E-state index contributed by atoms with van der Waals surface area (Å²) in [4.78, 5) is 23.0. The first-order valence-electron chi connectivity index (χ1n) is 7.71. The molecule has 0 aromatic carbocycles. The third-order valence-corrected chi connectivity index (χ3v) is 5.48. The zero-order valence-electron chi connectivity index (χ0n) is 13.2. The fraction of sp³-hybridized carbons (Fsp3) is 0.857. The third kappa shape index (κ3) is 5.92. The summed E-state index contributed by atoms with van der Waals surface area (Å²) in [5, 5.41) is 11.8. The molecule has 2 atom stereocenters. The first kappa shape index (κ1) is 18.9. The number of carboxylic acid groups (broad SMARTS) is 1. The van der Waals surface area contributed by atoms with E-state index in [0.29, 0.717) is 38.9 Å². The van der Waals surface area contributed by atoms with Crippen molar-refractivity contribution < 1.29 is 23.1 Å². The van der Waals surface area contributed by atoms with Crippen molar-refractivity contribution >= 4 is 21.9 Å². The molecule has 0 aromatic heterocycles. The predicted molar refractivity (Wildman–Crippen MR) is 82.8 cm³/mol. The SMILES string of the molecule is CCN(CCCNC(=O)C1CCCC(C(=O)O)C1)S(C)(=O)=O. The standard InChI is InChI=1S/C14H26N2O5S/c1-3-16(22(2,20)21)9-5-8-15-13(17)11-6-4-7-12(10-11)14(18)19/h11-12H,3-10H2,1-2H3,(H,15,17)(H,18,19). The highest BCUT2D eigenvalue weighted by Crippen LogP contribution is 2.29. The lowest BCUT2D eigenvalue weighted by Crippen LogP contribution is -2.37. The molecule has 0 bridgehead atoms. The highest BCUT2D eigenvalue weighted by Gasteiger charge is 2.30. The average Bonchev–Trinajstić information content (AvgIpc) is 2.45. The molecule has 1 aliphatic rings. The zero-order chi connectivity index (χ0) is 16.8. The van der Waals surface area contributed by atoms with Crippen LogP contribution < -0.4 is 5.32 Å². The fourth-order valence-electron chi connectivity index (χ4n) is 2.82. The molecule has 0 aliphatic heterocycles. The van der Waals surface area contributed by atoms with Gasteiger partial charge in [0.1, 0.15) is 0 Å². The molecule has 22 heavy (non-hydrogen) atoms. The summed E-state index contributed by atoms with van der Waals surface area (Å²) in [5.41, 5.74) is 0. The van der Waals surface area contributed by atoms with E-state index < -0.39 is 21.9 Å². The minimum Gasteiger partial charge on any atom is -0.481 e. The lowest BCUT2D eigenvalue weighted by Gasteiger charge is -2.25. The topological polar surface area (TPSA) is 104 Å². The van der Waals surface area contributed by atoms with E-state index in [2.05, 4.69) is 5.32 Å². The van der Waals surface area contributed by atoms with Crippen LogP contribution in [0.3, 0.4) is 0 Å². The number of sulfonamides is 1. The van der Waals surface area contributed by atoms with Crippen LogP contribution in [0.4, 0.5) is 0 Å². The number of hydrogen-bond donors (Lipinski definition) is 2. The van der Waals surface area contributed by atoms with Crippen LogP contribution in [0.2, 0.25) is 0 Å². The van der Waals surface area contributed by atoms with Crippen molar-refractivity contribution in [3.8, 4) is 0 Å². The molecule has 0 heterocycles. The zero-order valence-corrected chi connectivity index (χ0v) is 14.1. The number of amides is 1. The van der Waals surface area contributed by atoms with E-state index in [-0.39, 0.29) is 11.8 Å². The molecule has 8 heteroatoms. The second-order valence-corrected chi connectivity index (χ2v) is 7.78. The summed E-state index contributed by atoms with van der Waals surface area (Å²) in [6, 6.07) is 0. The average molecular weight is 334 g/mol. The lowest BCUT2D eigenvalue weighted by atomic mass is 9.81. The van der Waals surface area contributed by atoms with E-state index in [0.717, 1.165) is 12.8 Å². The van der Waals surface area contributed by atoms with Crippen molar-refractivity contribution in [2.24, 2.45) is 11.8 Å². The van der Waals surface area contributed by atoms with Gasteiger partial charge in [-0.25, -0.2) is 12.7 Å². The molecule has 7 nitrogen and oxygen atoms in total. The van der Waals surface area contributed by atoms with E-state index in [4.69, 9.17) is 5.11 Å². The molecular formula is C14H26N2O5S. The Balaban J connectivity index is 2.33. The molecular weight excluding hydrogens is 308 g/mol. The van der Waals surface area contributed by atoms with E-state index in [1.165, 1.54) is 10.6 Å². The number of carbonyl (C=O) groups is 2. The van der Waals surface area contributed by atoms with Gasteiger partial charge in [-0.3, -0.25) is 9.59 Å². The number of carbonyl (C=O) groups excluding carboxylic acids is 1. The maximum Gasteiger partial charge on any atom is 0.306 e. The first-order valence-corrected chi connectivity index (χ1v) is 9.56. The maximum atomic E-state index is 12.0. The Hall–Kier alpha value is -1.15.